The first kappa shape index (κ1) is 17.4. The zero-order valence-corrected chi connectivity index (χ0v) is 13.8. The van der Waals surface area contributed by atoms with E-state index in [4.69, 9.17) is 0 Å². The lowest BCUT2D eigenvalue weighted by Gasteiger charge is -2.26. The monoisotopic (exact) mass is 280 g/mol. The van der Waals surface area contributed by atoms with Crippen molar-refractivity contribution in [2.75, 3.05) is 40.3 Å². The van der Waals surface area contributed by atoms with Gasteiger partial charge in [-0.25, -0.2) is 0 Å². The third-order valence-corrected chi connectivity index (χ3v) is 4.02. The zero-order valence-electron chi connectivity index (χ0n) is 13.8. The van der Waals surface area contributed by atoms with Crippen molar-refractivity contribution >= 4 is 0 Å². The number of nitriles is 1. The molecule has 0 amide bonds. The minimum Gasteiger partial charge on any atom is -0.309 e. The van der Waals surface area contributed by atoms with Gasteiger partial charge >= 0.3 is 0 Å². The lowest BCUT2D eigenvalue weighted by atomic mass is 9.97. The van der Waals surface area contributed by atoms with Gasteiger partial charge in [0.05, 0.1) is 6.07 Å². The minimum absolute atomic E-state index is 0.329. The topological polar surface area (TPSA) is 42.3 Å². The van der Waals surface area contributed by atoms with E-state index in [9.17, 15) is 5.26 Å². The molecule has 4 heteroatoms. The molecule has 0 saturated heterocycles. The van der Waals surface area contributed by atoms with Crippen molar-refractivity contribution in [1.82, 2.24) is 15.1 Å². The Morgan fingerprint density at radius 3 is 2.35 bits per heavy atom. The van der Waals surface area contributed by atoms with Crippen molar-refractivity contribution in [3.05, 3.63) is 0 Å². The van der Waals surface area contributed by atoms with Crippen molar-refractivity contribution in [3.8, 4) is 6.07 Å². The highest BCUT2D eigenvalue weighted by Gasteiger charge is 2.31. The fraction of sp³-hybridized carbons (Fsp3) is 0.938. The van der Waals surface area contributed by atoms with Crippen molar-refractivity contribution in [2.45, 2.75) is 57.5 Å². The van der Waals surface area contributed by atoms with Crippen LogP contribution >= 0.6 is 0 Å². The Balaban J connectivity index is 2.20. The summed E-state index contributed by atoms with van der Waals surface area (Å²) in [6.07, 6.45) is 5.74. The van der Waals surface area contributed by atoms with Crippen molar-refractivity contribution in [1.29, 1.82) is 5.26 Å². The standard InChI is InChI=1S/C16H32N4/c1-5-20(13-7-11-19(3)4)12-6-10-16(2,14-17)18-15-8-9-15/h15,18H,5-13H2,1-4H3. The maximum atomic E-state index is 9.36. The van der Waals surface area contributed by atoms with Crippen LogP contribution in [-0.4, -0.2) is 61.7 Å². The smallest absolute Gasteiger partial charge is 0.104 e. The number of hydrogen-bond donors (Lipinski definition) is 1. The summed E-state index contributed by atoms with van der Waals surface area (Å²) in [5.41, 5.74) is -0.329. The quantitative estimate of drug-likeness (QED) is 0.629. The third kappa shape index (κ3) is 7.23. The largest absolute Gasteiger partial charge is 0.309 e. The molecule has 1 fully saturated rings. The van der Waals surface area contributed by atoms with E-state index >= 15 is 0 Å². The molecular weight excluding hydrogens is 248 g/mol. The van der Waals surface area contributed by atoms with Gasteiger partial charge in [-0.15, -0.1) is 0 Å². The Morgan fingerprint density at radius 2 is 1.85 bits per heavy atom. The molecule has 0 bridgehead atoms. The Morgan fingerprint density at radius 1 is 1.20 bits per heavy atom. The molecule has 1 unspecified atom stereocenters. The van der Waals surface area contributed by atoms with Crippen molar-refractivity contribution in [3.63, 3.8) is 0 Å². The minimum atomic E-state index is -0.329. The second-order valence-electron chi connectivity index (χ2n) is 6.56. The van der Waals surface area contributed by atoms with Gasteiger partial charge in [0.1, 0.15) is 5.54 Å². The molecule has 1 saturated carbocycles. The first-order valence-electron chi connectivity index (χ1n) is 8.05. The van der Waals surface area contributed by atoms with Crippen LogP contribution in [0.15, 0.2) is 0 Å². The normalized spacial score (nSPS) is 18.2. The van der Waals surface area contributed by atoms with Gasteiger partial charge in [0.15, 0.2) is 0 Å². The Labute approximate surface area is 125 Å². The highest BCUT2D eigenvalue weighted by atomic mass is 15.1. The first-order chi connectivity index (χ1) is 9.49. The van der Waals surface area contributed by atoms with Gasteiger partial charge in [-0.3, -0.25) is 5.32 Å². The van der Waals surface area contributed by atoms with Gasteiger partial charge in [0.25, 0.3) is 0 Å². The average molecular weight is 280 g/mol. The number of rotatable bonds is 11. The Bertz CT molecular complexity index is 306. The SMILES string of the molecule is CCN(CCCN(C)C)CCCC(C)(C#N)NC1CC1. The predicted molar refractivity (Wildman–Crippen MR) is 84.7 cm³/mol. The highest BCUT2D eigenvalue weighted by molar-refractivity contribution is 5.07. The van der Waals surface area contributed by atoms with E-state index in [0.29, 0.717) is 6.04 Å². The Kier molecular flexibility index (Phi) is 7.50. The van der Waals surface area contributed by atoms with E-state index < -0.39 is 0 Å². The van der Waals surface area contributed by atoms with Crippen LogP contribution in [0.5, 0.6) is 0 Å². The van der Waals surface area contributed by atoms with Gasteiger partial charge in [-0.1, -0.05) is 6.92 Å². The second kappa shape index (κ2) is 8.61. The molecule has 1 atom stereocenters. The fourth-order valence-electron chi connectivity index (χ4n) is 2.53. The van der Waals surface area contributed by atoms with Gasteiger partial charge in [0, 0.05) is 6.04 Å². The lowest BCUT2D eigenvalue weighted by Crippen LogP contribution is -2.43. The maximum Gasteiger partial charge on any atom is 0.104 e. The highest BCUT2D eigenvalue weighted by Crippen LogP contribution is 2.24. The summed E-state index contributed by atoms with van der Waals surface area (Å²) in [6, 6.07) is 3.06. The van der Waals surface area contributed by atoms with Crippen LogP contribution in [0.1, 0.15) is 46.0 Å². The van der Waals surface area contributed by atoms with Crippen LogP contribution < -0.4 is 5.32 Å². The summed E-state index contributed by atoms with van der Waals surface area (Å²) in [6.45, 7) is 8.79. The van der Waals surface area contributed by atoms with E-state index in [-0.39, 0.29) is 5.54 Å². The van der Waals surface area contributed by atoms with E-state index in [1.165, 1.54) is 19.3 Å². The lowest BCUT2D eigenvalue weighted by molar-refractivity contribution is 0.252. The van der Waals surface area contributed by atoms with Gasteiger partial charge < -0.3 is 9.80 Å². The summed E-state index contributed by atoms with van der Waals surface area (Å²) in [5.74, 6) is 0. The predicted octanol–water partition coefficient (Wildman–Crippen LogP) is 2.07. The molecule has 20 heavy (non-hydrogen) atoms. The van der Waals surface area contributed by atoms with Crippen LogP contribution in [0.25, 0.3) is 0 Å². The molecule has 0 aromatic carbocycles. The van der Waals surface area contributed by atoms with Crippen LogP contribution in [-0.2, 0) is 0 Å². The number of nitrogens with one attached hydrogen (secondary N) is 1. The summed E-state index contributed by atoms with van der Waals surface area (Å²) in [4.78, 5) is 4.73. The fourth-order valence-corrected chi connectivity index (χ4v) is 2.53. The molecule has 0 aliphatic heterocycles. The molecule has 1 aliphatic rings. The summed E-state index contributed by atoms with van der Waals surface area (Å²) in [5, 5.41) is 12.8. The summed E-state index contributed by atoms with van der Waals surface area (Å²) in [7, 11) is 4.25. The molecule has 0 aromatic heterocycles. The molecule has 1 rings (SSSR count). The molecule has 0 radical (unpaired) electrons. The molecule has 0 aromatic rings. The van der Waals surface area contributed by atoms with E-state index in [1.807, 2.05) is 6.92 Å². The zero-order chi connectivity index (χ0) is 15.0. The molecule has 4 nitrogen and oxygen atoms in total. The molecule has 1 aliphatic carbocycles. The first-order valence-corrected chi connectivity index (χ1v) is 8.05. The average Bonchev–Trinajstić information content (AvgIpc) is 3.20. The van der Waals surface area contributed by atoms with E-state index in [0.717, 1.165) is 39.0 Å². The van der Waals surface area contributed by atoms with Crippen molar-refractivity contribution in [2.24, 2.45) is 0 Å². The van der Waals surface area contributed by atoms with Gasteiger partial charge in [-0.2, -0.15) is 5.26 Å². The number of nitrogens with zero attached hydrogens (tertiary/aromatic N) is 3. The van der Waals surface area contributed by atoms with Crippen molar-refractivity contribution < 1.29 is 0 Å². The van der Waals surface area contributed by atoms with Crippen LogP contribution in [0.3, 0.4) is 0 Å². The summed E-state index contributed by atoms with van der Waals surface area (Å²) < 4.78 is 0. The van der Waals surface area contributed by atoms with E-state index in [1.54, 1.807) is 0 Å². The van der Waals surface area contributed by atoms with Crippen LogP contribution in [0, 0.1) is 11.3 Å². The van der Waals surface area contributed by atoms with Gasteiger partial charge in [0.2, 0.25) is 0 Å². The molecule has 1 N–H and O–H groups in total. The van der Waals surface area contributed by atoms with E-state index in [2.05, 4.69) is 42.2 Å². The van der Waals surface area contributed by atoms with Crippen LogP contribution in [0.4, 0.5) is 0 Å². The van der Waals surface area contributed by atoms with Gasteiger partial charge in [-0.05, 0) is 79.3 Å². The van der Waals surface area contributed by atoms with Crippen LogP contribution in [0.2, 0.25) is 0 Å². The number of hydrogen-bond acceptors (Lipinski definition) is 4. The maximum absolute atomic E-state index is 9.36. The Hall–Kier alpha value is -0.630. The third-order valence-electron chi connectivity index (χ3n) is 4.02. The molecule has 0 spiro atoms. The second-order valence-corrected chi connectivity index (χ2v) is 6.56. The summed E-state index contributed by atoms with van der Waals surface area (Å²) >= 11 is 0. The molecular formula is C16H32N4. The molecule has 0 heterocycles. The molecule has 116 valence electrons.